The molecule has 0 saturated heterocycles. The van der Waals surface area contributed by atoms with Gasteiger partial charge in [-0.15, -0.1) is 0 Å². The highest BCUT2D eigenvalue weighted by Gasteiger charge is 2.17. The van der Waals surface area contributed by atoms with E-state index in [1.807, 2.05) is 37.3 Å². The van der Waals surface area contributed by atoms with E-state index in [1.54, 1.807) is 18.2 Å². The van der Waals surface area contributed by atoms with E-state index in [0.29, 0.717) is 12.1 Å². The van der Waals surface area contributed by atoms with Gasteiger partial charge in [0.2, 0.25) is 0 Å². The van der Waals surface area contributed by atoms with Crippen LogP contribution in [0.5, 0.6) is 0 Å². The molecule has 3 nitrogen and oxygen atoms in total. The van der Waals surface area contributed by atoms with Gasteiger partial charge in [0, 0.05) is 0 Å². The van der Waals surface area contributed by atoms with Gasteiger partial charge in [0.25, 0.3) is 0 Å². The summed E-state index contributed by atoms with van der Waals surface area (Å²) in [5, 5.41) is 0. The third kappa shape index (κ3) is 3.35. The molecule has 0 spiro atoms. The van der Waals surface area contributed by atoms with Crippen LogP contribution in [0.4, 0.5) is 5.69 Å². The largest absolute Gasteiger partial charge is 0.398 e. The minimum atomic E-state index is -3.33. The van der Waals surface area contributed by atoms with E-state index in [9.17, 15) is 8.42 Å². The molecule has 0 aliphatic heterocycles. The third-order valence-electron chi connectivity index (χ3n) is 3.00. The Bertz CT molecular complexity index is 664. The van der Waals surface area contributed by atoms with Gasteiger partial charge in [-0.3, -0.25) is 0 Å². The van der Waals surface area contributed by atoms with E-state index in [1.165, 1.54) is 0 Å². The van der Waals surface area contributed by atoms with Crippen molar-refractivity contribution in [1.82, 2.24) is 0 Å². The second-order valence-electron chi connectivity index (χ2n) is 4.60. The van der Waals surface area contributed by atoms with E-state index in [0.717, 1.165) is 11.1 Å². The van der Waals surface area contributed by atoms with Crippen LogP contribution < -0.4 is 5.73 Å². The first-order valence-electron chi connectivity index (χ1n) is 6.12. The maximum Gasteiger partial charge on any atom is 0.180 e. The zero-order valence-corrected chi connectivity index (χ0v) is 11.7. The topological polar surface area (TPSA) is 60.2 Å². The van der Waals surface area contributed by atoms with E-state index in [4.69, 9.17) is 5.73 Å². The Labute approximate surface area is 114 Å². The maximum absolute atomic E-state index is 12.3. The molecule has 4 heteroatoms. The van der Waals surface area contributed by atoms with Gasteiger partial charge in [-0.2, -0.15) is 0 Å². The molecule has 0 bridgehead atoms. The first-order chi connectivity index (χ1) is 8.99. The fourth-order valence-electron chi connectivity index (χ4n) is 1.96. The molecule has 0 saturated carbocycles. The van der Waals surface area contributed by atoms with Gasteiger partial charge in [-0.05, 0) is 36.6 Å². The Hall–Kier alpha value is -1.81. The van der Waals surface area contributed by atoms with Crippen LogP contribution in [0.2, 0.25) is 0 Å². The molecular weight excluding hydrogens is 258 g/mol. The van der Waals surface area contributed by atoms with Crippen LogP contribution >= 0.6 is 0 Å². The summed E-state index contributed by atoms with van der Waals surface area (Å²) in [6.45, 7) is 1.89. The molecule has 2 rings (SSSR count). The summed E-state index contributed by atoms with van der Waals surface area (Å²) < 4.78 is 24.5. The molecule has 0 radical (unpaired) electrons. The number of anilines is 1. The van der Waals surface area contributed by atoms with Crippen molar-refractivity contribution in [1.29, 1.82) is 0 Å². The molecule has 2 aromatic carbocycles. The van der Waals surface area contributed by atoms with Gasteiger partial charge < -0.3 is 5.73 Å². The summed E-state index contributed by atoms with van der Waals surface area (Å²) in [7, 11) is -3.33. The number of rotatable bonds is 4. The number of benzene rings is 2. The first kappa shape index (κ1) is 13.6. The molecule has 0 fully saturated rings. The van der Waals surface area contributed by atoms with E-state index < -0.39 is 9.84 Å². The predicted molar refractivity (Wildman–Crippen MR) is 77.8 cm³/mol. The van der Waals surface area contributed by atoms with Crippen LogP contribution in [0.15, 0.2) is 53.4 Å². The molecule has 0 aliphatic carbocycles. The lowest BCUT2D eigenvalue weighted by molar-refractivity contribution is 0.595. The summed E-state index contributed by atoms with van der Waals surface area (Å²) >= 11 is 0. The van der Waals surface area contributed by atoms with Crippen molar-refractivity contribution in [3.8, 4) is 0 Å². The van der Waals surface area contributed by atoms with Gasteiger partial charge in [0.1, 0.15) is 0 Å². The number of hydrogen-bond acceptors (Lipinski definition) is 3. The van der Waals surface area contributed by atoms with Crippen LogP contribution in [0.25, 0.3) is 0 Å². The maximum atomic E-state index is 12.3. The molecule has 0 atom stereocenters. The molecule has 19 heavy (non-hydrogen) atoms. The average molecular weight is 275 g/mol. The molecular formula is C15H17NO2S. The molecule has 0 aliphatic rings. The lowest BCUT2D eigenvalue weighted by atomic mass is 10.2. The van der Waals surface area contributed by atoms with E-state index >= 15 is 0 Å². The summed E-state index contributed by atoms with van der Waals surface area (Å²) in [6.07, 6.45) is 0.497. The number of nitrogens with two attached hydrogens (primary N) is 1. The second-order valence-corrected chi connectivity index (χ2v) is 6.67. The Morgan fingerprint density at radius 3 is 2.37 bits per heavy atom. The van der Waals surface area contributed by atoms with Crippen LogP contribution in [-0.4, -0.2) is 14.2 Å². The van der Waals surface area contributed by atoms with Gasteiger partial charge in [-0.1, -0.05) is 36.4 Å². The Morgan fingerprint density at radius 1 is 1.05 bits per heavy atom. The standard InChI is InChI=1S/C15H17NO2S/c1-12-7-8-15(14(16)11-12)19(17,18)10-9-13-5-3-2-4-6-13/h2-8,11H,9-10,16H2,1H3. The highest BCUT2D eigenvalue weighted by Crippen LogP contribution is 2.21. The number of aryl methyl sites for hydroxylation is 2. The highest BCUT2D eigenvalue weighted by molar-refractivity contribution is 7.91. The number of nitrogen functional groups attached to an aromatic ring is 1. The lowest BCUT2D eigenvalue weighted by Gasteiger charge is -2.08. The van der Waals surface area contributed by atoms with Crippen molar-refractivity contribution >= 4 is 15.5 Å². The minimum Gasteiger partial charge on any atom is -0.398 e. The Morgan fingerprint density at radius 2 is 1.74 bits per heavy atom. The average Bonchev–Trinajstić information content (AvgIpc) is 2.37. The summed E-state index contributed by atoms with van der Waals surface area (Å²) in [5.41, 5.74) is 8.09. The van der Waals surface area contributed by atoms with Crippen molar-refractivity contribution in [2.24, 2.45) is 0 Å². The molecule has 0 heterocycles. The molecule has 0 unspecified atom stereocenters. The van der Waals surface area contributed by atoms with Gasteiger partial charge in [-0.25, -0.2) is 8.42 Å². The number of sulfone groups is 1. The normalized spacial score (nSPS) is 11.4. The van der Waals surface area contributed by atoms with Gasteiger partial charge >= 0.3 is 0 Å². The van der Waals surface area contributed by atoms with Crippen LogP contribution in [0.1, 0.15) is 11.1 Å². The summed E-state index contributed by atoms with van der Waals surface area (Å²) in [4.78, 5) is 0.231. The fraction of sp³-hybridized carbons (Fsp3) is 0.200. The van der Waals surface area contributed by atoms with Crippen molar-refractivity contribution in [2.75, 3.05) is 11.5 Å². The van der Waals surface area contributed by atoms with Gasteiger partial charge in [0.05, 0.1) is 16.3 Å². The van der Waals surface area contributed by atoms with Crippen LogP contribution in [0.3, 0.4) is 0 Å². The van der Waals surface area contributed by atoms with Crippen molar-refractivity contribution in [2.45, 2.75) is 18.2 Å². The molecule has 0 amide bonds. The highest BCUT2D eigenvalue weighted by atomic mass is 32.2. The molecule has 0 aromatic heterocycles. The Balaban J connectivity index is 2.19. The first-order valence-corrected chi connectivity index (χ1v) is 7.77. The van der Waals surface area contributed by atoms with Crippen molar-refractivity contribution in [3.63, 3.8) is 0 Å². The van der Waals surface area contributed by atoms with Crippen LogP contribution in [-0.2, 0) is 16.3 Å². The number of hydrogen-bond donors (Lipinski definition) is 1. The van der Waals surface area contributed by atoms with Crippen molar-refractivity contribution < 1.29 is 8.42 Å². The Kier molecular flexibility index (Phi) is 3.90. The SMILES string of the molecule is Cc1ccc(S(=O)(=O)CCc2ccccc2)c(N)c1. The van der Waals surface area contributed by atoms with Gasteiger partial charge in [0.15, 0.2) is 9.84 Å². The fourth-order valence-corrected chi connectivity index (χ4v) is 3.38. The third-order valence-corrected chi connectivity index (χ3v) is 4.79. The molecule has 2 N–H and O–H groups in total. The summed E-state index contributed by atoms with van der Waals surface area (Å²) in [6, 6.07) is 14.6. The monoisotopic (exact) mass is 275 g/mol. The van der Waals surface area contributed by atoms with Crippen molar-refractivity contribution in [3.05, 3.63) is 59.7 Å². The van der Waals surface area contributed by atoms with E-state index in [-0.39, 0.29) is 10.6 Å². The smallest absolute Gasteiger partial charge is 0.180 e. The quantitative estimate of drug-likeness (QED) is 0.872. The lowest BCUT2D eigenvalue weighted by Crippen LogP contribution is -2.11. The minimum absolute atomic E-state index is 0.0737. The second kappa shape index (κ2) is 5.45. The zero-order chi connectivity index (χ0) is 13.9. The molecule has 2 aromatic rings. The predicted octanol–water partition coefficient (Wildman–Crippen LogP) is 2.59. The van der Waals surface area contributed by atoms with Crippen LogP contribution in [0, 0.1) is 6.92 Å². The molecule has 100 valence electrons. The van der Waals surface area contributed by atoms with E-state index in [2.05, 4.69) is 0 Å². The zero-order valence-electron chi connectivity index (χ0n) is 10.8. The summed E-state index contributed by atoms with van der Waals surface area (Å²) in [5.74, 6) is 0.0737.